The second kappa shape index (κ2) is 6.85. The summed E-state index contributed by atoms with van der Waals surface area (Å²) in [5.74, 6) is 0.291. The summed E-state index contributed by atoms with van der Waals surface area (Å²) < 4.78 is 10.3. The number of rotatable bonds is 5. The molecule has 0 atom stereocenters. The molecule has 0 unspecified atom stereocenters. The first-order valence-electron chi connectivity index (χ1n) is 5.95. The SMILES string of the molecule is CCOC(=O)/C(=C\c1ccco1)Sc1ccccc1. The molecule has 2 aromatic rings. The van der Waals surface area contributed by atoms with Gasteiger partial charge < -0.3 is 9.15 Å². The minimum atomic E-state index is -0.340. The fraction of sp³-hybridized carbons (Fsp3) is 0.133. The van der Waals surface area contributed by atoms with Gasteiger partial charge in [0, 0.05) is 11.0 Å². The molecule has 1 heterocycles. The van der Waals surface area contributed by atoms with Gasteiger partial charge in [-0.2, -0.15) is 0 Å². The first-order chi connectivity index (χ1) is 9.29. The van der Waals surface area contributed by atoms with E-state index in [-0.39, 0.29) is 5.97 Å². The van der Waals surface area contributed by atoms with Gasteiger partial charge in [-0.3, -0.25) is 0 Å². The van der Waals surface area contributed by atoms with Crippen molar-refractivity contribution in [2.45, 2.75) is 11.8 Å². The van der Waals surface area contributed by atoms with Gasteiger partial charge in [-0.05, 0) is 31.2 Å². The second-order valence-corrected chi connectivity index (χ2v) is 4.77. The Kier molecular flexibility index (Phi) is 4.86. The highest BCUT2D eigenvalue weighted by Gasteiger charge is 2.13. The number of benzene rings is 1. The van der Waals surface area contributed by atoms with Crippen LogP contribution >= 0.6 is 11.8 Å². The molecule has 98 valence electrons. The summed E-state index contributed by atoms with van der Waals surface area (Å²) in [6, 6.07) is 13.3. The molecular weight excluding hydrogens is 260 g/mol. The molecule has 0 amide bonds. The zero-order valence-corrected chi connectivity index (χ0v) is 11.4. The Morgan fingerprint density at radius 1 is 1.26 bits per heavy atom. The molecule has 0 spiro atoms. The smallest absolute Gasteiger partial charge is 0.345 e. The summed E-state index contributed by atoms with van der Waals surface area (Å²) in [4.78, 5) is 13.4. The standard InChI is InChI=1S/C15H14O3S/c1-2-17-15(16)14(11-12-7-6-10-18-12)19-13-8-4-3-5-9-13/h3-11H,2H2,1H3/b14-11+. The fourth-order valence-corrected chi connectivity index (χ4v) is 2.31. The van der Waals surface area contributed by atoms with E-state index in [0.29, 0.717) is 17.3 Å². The predicted octanol–water partition coefficient (Wildman–Crippen LogP) is 3.98. The average Bonchev–Trinajstić information content (AvgIpc) is 2.92. The highest BCUT2D eigenvalue weighted by atomic mass is 32.2. The van der Waals surface area contributed by atoms with Crippen molar-refractivity contribution in [1.29, 1.82) is 0 Å². The van der Waals surface area contributed by atoms with E-state index in [1.54, 1.807) is 31.4 Å². The summed E-state index contributed by atoms with van der Waals surface area (Å²) in [6.45, 7) is 2.14. The molecule has 0 bridgehead atoms. The van der Waals surface area contributed by atoms with Crippen LogP contribution < -0.4 is 0 Å². The Balaban J connectivity index is 2.22. The lowest BCUT2D eigenvalue weighted by Crippen LogP contribution is -2.05. The number of esters is 1. The van der Waals surface area contributed by atoms with Gasteiger partial charge in [0.25, 0.3) is 0 Å². The Morgan fingerprint density at radius 3 is 2.68 bits per heavy atom. The highest BCUT2D eigenvalue weighted by Crippen LogP contribution is 2.29. The molecule has 1 aromatic carbocycles. The maximum Gasteiger partial charge on any atom is 0.345 e. The van der Waals surface area contributed by atoms with E-state index in [1.807, 2.05) is 30.3 Å². The monoisotopic (exact) mass is 274 g/mol. The van der Waals surface area contributed by atoms with Crippen LogP contribution in [0.5, 0.6) is 0 Å². The van der Waals surface area contributed by atoms with E-state index in [0.717, 1.165) is 4.90 Å². The van der Waals surface area contributed by atoms with Crippen LogP contribution in [0.3, 0.4) is 0 Å². The van der Waals surface area contributed by atoms with Gasteiger partial charge in [-0.25, -0.2) is 4.79 Å². The van der Waals surface area contributed by atoms with Crippen LogP contribution in [0.4, 0.5) is 0 Å². The third-order valence-corrected chi connectivity index (χ3v) is 3.28. The molecule has 0 aliphatic rings. The van der Waals surface area contributed by atoms with Crippen LogP contribution in [0, 0.1) is 0 Å². The van der Waals surface area contributed by atoms with Crippen molar-refractivity contribution >= 4 is 23.8 Å². The molecule has 3 nitrogen and oxygen atoms in total. The quantitative estimate of drug-likeness (QED) is 0.470. The van der Waals surface area contributed by atoms with Crippen LogP contribution in [0.1, 0.15) is 12.7 Å². The van der Waals surface area contributed by atoms with Crippen LogP contribution in [0.2, 0.25) is 0 Å². The maximum absolute atomic E-state index is 11.9. The predicted molar refractivity (Wildman–Crippen MR) is 75.6 cm³/mol. The second-order valence-electron chi connectivity index (χ2n) is 3.66. The van der Waals surface area contributed by atoms with Gasteiger partial charge in [-0.1, -0.05) is 30.0 Å². The molecule has 0 saturated carbocycles. The lowest BCUT2D eigenvalue weighted by Gasteiger charge is -2.06. The molecule has 2 rings (SSSR count). The van der Waals surface area contributed by atoms with E-state index < -0.39 is 0 Å². The third-order valence-electron chi connectivity index (χ3n) is 2.26. The lowest BCUT2D eigenvalue weighted by atomic mass is 10.4. The summed E-state index contributed by atoms with van der Waals surface area (Å²) in [7, 11) is 0. The first kappa shape index (κ1) is 13.5. The number of carbonyl (C=O) groups is 1. The minimum Gasteiger partial charge on any atom is -0.465 e. The first-order valence-corrected chi connectivity index (χ1v) is 6.76. The summed E-state index contributed by atoms with van der Waals surface area (Å²) in [5.41, 5.74) is 0. The Morgan fingerprint density at radius 2 is 2.05 bits per heavy atom. The fourth-order valence-electron chi connectivity index (χ4n) is 1.45. The van der Waals surface area contributed by atoms with Crippen LogP contribution in [0.15, 0.2) is 62.9 Å². The molecule has 0 fully saturated rings. The average molecular weight is 274 g/mol. The Hall–Kier alpha value is -1.94. The molecule has 0 radical (unpaired) electrons. The highest BCUT2D eigenvalue weighted by molar-refractivity contribution is 8.04. The van der Waals surface area contributed by atoms with Crippen LogP contribution in [0.25, 0.3) is 6.08 Å². The van der Waals surface area contributed by atoms with Crippen LogP contribution in [-0.4, -0.2) is 12.6 Å². The van der Waals surface area contributed by atoms with E-state index in [9.17, 15) is 4.79 Å². The third kappa shape index (κ3) is 4.03. The largest absolute Gasteiger partial charge is 0.465 e. The normalized spacial score (nSPS) is 11.3. The summed E-state index contributed by atoms with van der Waals surface area (Å²) in [5, 5.41) is 0. The molecule has 0 saturated heterocycles. The van der Waals surface area contributed by atoms with E-state index in [1.165, 1.54) is 11.8 Å². The summed E-state index contributed by atoms with van der Waals surface area (Å²) >= 11 is 1.36. The number of hydrogen-bond donors (Lipinski definition) is 0. The van der Waals surface area contributed by atoms with Gasteiger partial charge >= 0.3 is 5.97 Å². The van der Waals surface area contributed by atoms with Gasteiger partial charge in [0.15, 0.2) is 0 Å². The van der Waals surface area contributed by atoms with Crippen molar-refractivity contribution in [2.24, 2.45) is 0 Å². The van der Waals surface area contributed by atoms with Crippen molar-refractivity contribution in [3.05, 3.63) is 59.4 Å². The van der Waals surface area contributed by atoms with Gasteiger partial charge in [0.1, 0.15) is 10.7 Å². The van der Waals surface area contributed by atoms with E-state index >= 15 is 0 Å². The molecule has 0 N–H and O–H groups in total. The van der Waals surface area contributed by atoms with E-state index in [2.05, 4.69) is 0 Å². The number of carbonyl (C=O) groups excluding carboxylic acids is 1. The van der Waals surface area contributed by atoms with Crippen LogP contribution in [-0.2, 0) is 9.53 Å². The van der Waals surface area contributed by atoms with Gasteiger partial charge in [-0.15, -0.1) is 0 Å². The minimum absolute atomic E-state index is 0.340. The van der Waals surface area contributed by atoms with Gasteiger partial charge in [0.2, 0.25) is 0 Å². The Labute approximate surface area is 116 Å². The van der Waals surface area contributed by atoms with Crippen molar-refractivity contribution in [2.75, 3.05) is 6.61 Å². The van der Waals surface area contributed by atoms with E-state index in [4.69, 9.17) is 9.15 Å². The molecular formula is C15H14O3S. The Bertz CT molecular complexity index is 544. The number of thioether (sulfide) groups is 1. The molecule has 4 heteroatoms. The zero-order chi connectivity index (χ0) is 13.5. The molecule has 19 heavy (non-hydrogen) atoms. The maximum atomic E-state index is 11.9. The molecule has 0 aliphatic heterocycles. The topological polar surface area (TPSA) is 39.4 Å². The molecule has 1 aromatic heterocycles. The number of hydrogen-bond acceptors (Lipinski definition) is 4. The zero-order valence-electron chi connectivity index (χ0n) is 10.5. The van der Waals surface area contributed by atoms with Gasteiger partial charge in [0.05, 0.1) is 12.9 Å². The van der Waals surface area contributed by atoms with Crippen molar-refractivity contribution in [3.8, 4) is 0 Å². The van der Waals surface area contributed by atoms with Crippen molar-refractivity contribution in [1.82, 2.24) is 0 Å². The number of ether oxygens (including phenoxy) is 1. The summed E-state index contributed by atoms with van der Waals surface area (Å²) in [6.07, 6.45) is 3.26. The van der Waals surface area contributed by atoms with Crippen molar-refractivity contribution < 1.29 is 13.9 Å². The lowest BCUT2D eigenvalue weighted by molar-refractivity contribution is -0.137. The number of furan rings is 1. The molecule has 0 aliphatic carbocycles. The van der Waals surface area contributed by atoms with Crippen molar-refractivity contribution in [3.63, 3.8) is 0 Å².